The van der Waals surface area contributed by atoms with Gasteiger partial charge in [-0.2, -0.15) is 0 Å². The van der Waals surface area contributed by atoms with Gasteiger partial charge in [0, 0.05) is 46.2 Å². The van der Waals surface area contributed by atoms with Crippen molar-refractivity contribution >= 4 is 6.03 Å². The van der Waals surface area contributed by atoms with Crippen molar-refractivity contribution in [3.05, 3.63) is 30.1 Å². The molecule has 0 N–H and O–H groups in total. The number of carbonyl (C=O) groups excluding carboxylic acids is 1. The number of ether oxygens (including phenoxy) is 1. The van der Waals surface area contributed by atoms with Crippen molar-refractivity contribution in [2.45, 2.75) is 25.8 Å². The number of rotatable bonds is 5. The van der Waals surface area contributed by atoms with E-state index in [1.807, 2.05) is 24.2 Å². The number of nitrogens with zero attached hydrogens (tertiary/aromatic N) is 3. The van der Waals surface area contributed by atoms with Crippen molar-refractivity contribution in [2.24, 2.45) is 5.92 Å². The molecular weight excluding hydrogens is 266 g/mol. The van der Waals surface area contributed by atoms with Gasteiger partial charge < -0.3 is 14.5 Å². The summed E-state index contributed by atoms with van der Waals surface area (Å²) in [6.45, 7) is 4.41. The zero-order valence-electron chi connectivity index (χ0n) is 13.2. The van der Waals surface area contributed by atoms with E-state index in [0.29, 0.717) is 12.5 Å². The lowest BCUT2D eigenvalue weighted by Crippen LogP contribution is -2.41. The predicted molar refractivity (Wildman–Crippen MR) is 82.0 cm³/mol. The number of hydrogen-bond donors (Lipinski definition) is 0. The van der Waals surface area contributed by atoms with Gasteiger partial charge in [0.15, 0.2) is 0 Å². The second-order valence-electron chi connectivity index (χ2n) is 5.85. The van der Waals surface area contributed by atoms with Crippen molar-refractivity contribution in [2.75, 3.05) is 33.9 Å². The largest absolute Gasteiger partial charge is 0.385 e. The van der Waals surface area contributed by atoms with Gasteiger partial charge in [-0.15, -0.1) is 0 Å². The minimum absolute atomic E-state index is 0.101. The molecule has 5 heteroatoms. The first kappa shape index (κ1) is 15.8. The average Bonchev–Trinajstić information content (AvgIpc) is 2.89. The maximum Gasteiger partial charge on any atom is 0.320 e. The lowest BCUT2D eigenvalue weighted by molar-refractivity contribution is 0.146. The Balaban J connectivity index is 2.04. The molecule has 2 atom stereocenters. The number of urea groups is 1. The Kier molecular flexibility index (Phi) is 5.56. The first-order valence-corrected chi connectivity index (χ1v) is 7.54. The van der Waals surface area contributed by atoms with E-state index in [9.17, 15) is 4.79 Å². The summed E-state index contributed by atoms with van der Waals surface area (Å²) in [5.41, 5.74) is 1.13. The minimum atomic E-state index is 0.101. The second kappa shape index (κ2) is 7.41. The minimum Gasteiger partial charge on any atom is -0.385 e. The van der Waals surface area contributed by atoms with Crippen LogP contribution in [0.4, 0.5) is 4.79 Å². The smallest absolute Gasteiger partial charge is 0.320 e. The maximum atomic E-state index is 12.7. The highest BCUT2D eigenvalue weighted by Crippen LogP contribution is 2.35. The fourth-order valence-electron chi connectivity index (χ4n) is 2.91. The van der Waals surface area contributed by atoms with Crippen molar-refractivity contribution < 1.29 is 9.53 Å². The van der Waals surface area contributed by atoms with Gasteiger partial charge >= 0.3 is 6.03 Å². The molecule has 1 aromatic rings. The lowest BCUT2D eigenvalue weighted by Gasteiger charge is -2.29. The van der Waals surface area contributed by atoms with E-state index in [4.69, 9.17) is 4.74 Å². The summed E-state index contributed by atoms with van der Waals surface area (Å²) in [7, 11) is 3.55. The number of hydrogen-bond acceptors (Lipinski definition) is 3. The summed E-state index contributed by atoms with van der Waals surface area (Å²) >= 11 is 0. The molecule has 2 rings (SSSR count). The van der Waals surface area contributed by atoms with E-state index in [1.165, 1.54) is 0 Å². The van der Waals surface area contributed by atoms with Gasteiger partial charge in [0.05, 0.1) is 6.04 Å². The molecule has 21 heavy (non-hydrogen) atoms. The Morgan fingerprint density at radius 1 is 1.57 bits per heavy atom. The molecule has 0 aliphatic carbocycles. The molecule has 2 amide bonds. The molecule has 0 saturated carbocycles. The Hall–Kier alpha value is -1.62. The molecule has 2 unspecified atom stereocenters. The molecular formula is C16H25N3O2. The Morgan fingerprint density at radius 3 is 3.05 bits per heavy atom. The molecule has 0 radical (unpaired) electrons. The zero-order chi connectivity index (χ0) is 15.2. The van der Waals surface area contributed by atoms with Crippen molar-refractivity contribution in [1.29, 1.82) is 0 Å². The SMILES string of the molecule is COCCCN(C)C(=O)N1CC(C)CC1c1cccnc1. The van der Waals surface area contributed by atoms with Crippen LogP contribution in [0.15, 0.2) is 24.5 Å². The monoisotopic (exact) mass is 291 g/mol. The molecule has 0 aromatic carbocycles. The summed E-state index contributed by atoms with van der Waals surface area (Å²) in [4.78, 5) is 20.6. The highest BCUT2D eigenvalue weighted by Gasteiger charge is 2.35. The van der Waals surface area contributed by atoms with E-state index in [-0.39, 0.29) is 12.1 Å². The van der Waals surface area contributed by atoms with Gasteiger partial charge in [-0.25, -0.2) is 4.79 Å². The molecule has 1 aromatic heterocycles. The van der Waals surface area contributed by atoms with Crippen LogP contribution in [0.3, 0.4) is 0 Å². The fourth-order valence-corrected chi connectivity index (χ4v) is 2.91. The van der Waals surface area contributed by atoms with Crippen LogP contribution in [0.2, 0.25) is 0 Å². The van der Waals surface area contributed by atoms with E-state index < -0.39 is 0 Å². The summed E-state index contributed by atoms with van der Waals surface area (Å²) in [5.74, 6) is 0.520. The van der Waals surface area contributed by atoms with Crippen molar-refractivity contribution in [3.63, 3.8) is 0 Å². The summed E-state index contributed by atoms with van der Waals surface area (Å²) < 4.78 is 5.05. The maximum absolute atomic E-state index is 12.7. The van der Waals surface area contributed by atoms with Gasteiger partial charge in [-0.1, -0.05) is 13.0 Å². The normalized spacial score (nSPS) is 21.6. The third-order valence-electron chi connectivity index (χ3n) is 3.99. The first-order chi connectivity index (χ1) is 10.1. The van der Waals surface area contributed by atoms with E-state index >= 15 is 0 Å². The van der Waals surface area contributed by atoms with Crippen molar-refractivity contribution in [3.8, 4) is 0 Å². The number of likely N-dealkylation sites (tertiary alicyclic amines) is 1. The molecule has 116 valence electrons. The topological polar surface area (TPSA) is 45.7 Å². The predicted octanol–water partition coefficient (Wildman–Crippen LogP) is 2.55. The summed E-state index contributed by atoms with van der Waals surface area (Å²) in [5, 5.41) is 0. The van der Waals surface area contributed by atoms with Gasteiger partial charge in [-0.3, -0.25) is 4.98 Å². The van der Waals surface area contributed by atoms with Crippen LogP contribution in [0.1, 0.15) is 31.4 Å². The quantitative estimate of drug-likeness (QED) is 0.783. The molecule has 2 heterocycles. The van der Waals surface area contributed by atoms with Gasteiger partial charge in [0.2, 0.25) is 0 Å². The number of pyridine rings is 1. The highest BCUT2D eigenvalue weighted by atomic mass is 16.5. The zero-order valence-corrected chi connectivity index (χ0v) is 13.2. The van der Waals surface area contributed by atoms with Crippen LogP contribution in [0.25, 0.3) is 0 Å². The molecule has 5 nitrogen and oxygen atoms in total. The van der Waals surface area contributed by atoms with Crippen LogP contribution >= 0.6 is 0 Å². The molecule has 0 spiro atoms. The van der Waals surface area contributed by atoms with Crippen LogP contribution in [0.5, 0.6) is 0 Å². The van der Waals surface area contributed by atoms with Crippen LogP contribution in [-0.4, -0.2) is 54.7 Å². The number of methoxy groups -OCH3 is 1. The Bertz CT molecular complexity index is 452. The lowest BCUT2D eigenvalue weighted by atomic mass is 10.0. The highest BCUT2D eigenvalue weighted by molar-refractivity contribution is 5.75. The number of amides is 2. The molecule has 0 bridgehead atoms. The van der Waals surface area contributed by atoms with E-state index in [1.54, 1.807) is 18.2 Å². The first-order valence-electron chi connectivity index (χ1n) is 7.54. The van der Waals surface area contributed by atoms with Gasteiger partial charge in [-0.05, 0) is 30.4 Å². The van der Waals surface area contributed by atoms with Gasteiger partial charge in [0.25, 0.3) is 0 Å². The van der Waals surface area contributed by atoms with Gasteiger partial charge in [0.1, 0.15) is 0 Å². The second-order valence-corrected chi connectivity index (χ2v) is 5.85. The van der Waals surface area contributed by atoms with Crippen molar-refractivity contribution in [1.82, 2.24) is 14.8 Å². The Labute approximate surface area is 126 Å². The van der Waals surface area contributed by atoms with Crippen LogP contribution < -0.4 is 0 Å². The third kappa shape index (κ3) is 3.94. The van der Waals surface area contributed by atoms with Crippen LogP contribution in [0, 0.1) is 5.92 Å². The number of carbonyl (C=O) groups is 1. The summed E-state index contributed by atoms with van der Waals surface area (Å²) in [6.07, 6.45) is 5.50. The molecule has 1 saturated heterocycles. The Morgan fingerprint density at radius 2 is 2.38 bits per heavy atom. The average molecular weight is 291 g/mol. The third-order valence-corrected chi connectivity index (χ3v) is 3.99. The molecule has 1 aliphatic heterocycles. The van der Waals surface area contributed by atoms with E-state index in [2.05, 4.69) is 18.0 Å². The molecule has 1 fully saturated rings. The molecule has 1 aliphatic rings. The standard InChI is InChI=1S/C16H25N3O2/c1-13-10-15(14-6-4-7-17-11-14)19(12-13)16(20)18(2)8-5-9-21-3/h4,6-7,11,13,15H,5,8-10,12H2,1-3H3. The fraction of sp³-hybridized carbons (Fsp3) is 0.625. The van der Waals surface area contributed by atoms with Crippen LogP contribution in [-0.2, 0) is 4.74 Å². The summed E-state index contributed by atoms with van der Waals surface area (Å²) in [6, 6.07) is 4.24. The number of aromatic nitrogens is 1. The van der Waals surface area contributed by atoms with E-state index in [0.717, 1.165) is 31.5 Å².